The van der Waals surface area contributed by atoms with Crippen molar-refractivity contribution in [2.45, 2.75) is 152 Å². The summed E-state index contributed by atoms with van der Waals surface area (Å²) in [6, 6.07) is 8.48. The van der Waals surface area contributed by atoms with E-state index in [4.69, 9.17) is 9.47 Å². The van der Waals surface area contributed by atoms with Crippen molar-refractivity contribution in [3.63, 3.8) is 0 Å². The van der Waals surface area contributed by atoms with Crippen LogP contribution in [0.4, 0.5) is 0 Å². The summed E-state index contributed by atoms with van der Waals surface area (Å²) in [5.41, 5.74) is 4.24. The van der Waals surface area contributed by atoms with Gasteiger partial charge in [0.05, 0.1) is 12.2 Å². The molecule has 5 rings (SSSR count). The molecule has 234 valence electrons. The van der Waals surface area contributed by atoms with E-state index in [-0.39, 0.29) is 1.43 Å². The Morgan fingerprint density at radius 3 is 1.12 bits per heavy atom. The summed E-state index contributed by atoms with van der Waals surface area (Å²) >= 11 is 0. The van der Waals surface area contributed by atoms with Gasteiger partial charge in [-0.3, -0.25) is 0 Å². The molecule has 0 radical (unpaired) electrons. The summed E-state index contributed by atoms with van der Waals surface area (Å²) in [5.74, 6) is 4.58. The Kier molecular flexibility index (Phi) is 19.9. The maximum absolute atomic E-state index is 5.39. The van der Waals surface area contributed by atoms with Gasteiger partial charge in [0.25, 0.3) is 0 Å². The Hall–Kier alpha value is -1.12. The van der Waals surface area contributed by atoms with Crippen LogP contribution in [0.15, 0.2) is 35.9 Å². The van der Waals surface area contributed by atoms with Gasteiger partial charge in [-0.15, -0.1) is 0 Å². The standard InChI is InChI=1S/C8H16.C8H14.C8H10.2C7H14O.H2/c3*1-7-3-5-8(2)6-4-7;2*1-6-3-4-7(2)8-5-6;/h7-8H,3-6H2,1-2H3;3,8H,4-6H2,1-2H3;3-6H,1-2H3;2*6-7H,3-5H2,1-2H3;1H. The van der Waals surface area contributed by atoms with E-state index in [1.54, 1.807) is 5.57 Å². The van der Waals surface area contributed by atoms with Crippen LogP contribution in [-0.4, -0.2) is 25.4 Å². The largest absolute Gasteiger partial charge is 0.378 e. The minimum absolute atomic E-state index is 0. The van der Waals surface area contributed by atoms with E-state index in [1.165, 1.54) is 81.8 Å². The van der Waals surface area contributed by atoms with Crippen LogP contribution >= 0.6 is 0 Å². The molecule has 1 aromatic rings. The first-order valence-corrected chi connectivity index (χ1v) is 16.9. The van der Waals surface area contributed by atoms with Gasteiger partial charge in [-0.1, -0.05) is 107 Å². The van der Waals surface area contributed by atoms with Crippen molar-refractivity contribution in [2.24, 2.45) is 29.6 Å². The Balaban J connectivity index is 0.000000485. The summed E-state index contributed by atoms with van der Waals surface area (Å²) < 4.78 is 10.8. The zero-order valence-electron chi connectivity index (χ0n) is 28.4. The SMILES string of the molecule is CC1=CCC(C)CC1.CC1CCC(C)CC1.CC1CCC(C)OC1.CC1CCC(C)OC1.Cc1ccc(C)cc1.[HH]. The molecule has 1 saturated carbocycles. The van der Waals surface area contributed by atoms with Crippen LogP contribution < -0.4 is 0 Å². The van der Waals surface area contributed by atoms with Crippen molar-refractivity contribution in [2.75, 3.05) is 13.2 Å². The highest BCUT2D eigenvalue weighted by Gasteiger charge is 2.14. The monoisotopic (exact) mass is 559 g/mol. The molecule has 4 aliphatic rings. The summed E-state index contributed by atoms with van der Waals surface area (Å²) in [7, 11) is 0. The van der Waals surface area contributed by atoms with Gasteiger partial charge in [-0.05, 0) is 109 Å². The Morgan fingerprint density at radius 2 is 0.875 bits per heavy atom. The highest BCUT2D eigenvalue weighted by molar-refractivity contribution is 5.19. The minimum atomic E-state index is 0. The fraction of sp³-hybridized carbons (Fsp3) is 0.789. The van der Waals surface area contributed by atoms with E-state index in [0.717, 1.165) is 42.8 Å². The normalized spacial score (nSPS) is 31.6. The van der Waals surface area contributed by atoms with Gasteiger partial charge in [-0.2, -0.15) is 0 Å². The molecule has 0 N–H and O–H groups in total. The molecule has 2 nitrogen and oxygen atoms in total. The van der Waals surface area contributed by atoms with E-state index >= 15 is 0 Å². The predicted molar refractivity (Wildman–Crippen MR) is 179 cm³/mol. The molecule has 2 heteroatoms. The van der Waals surface area contributed by atoms with Gasteiger partial charge < -0.3 is 9.47 Å². The fourth-order valence-electron chi connectivity index (χ4n) is 5.19. The lowest BCUT2D eigenvalue weighted by atomic mass is 9.84. The predicted octanol–water partition coefficient (Wildman–Crippen LogP) is 11.8. The van der Waals surface area contributed by atoms with Crippen LogP contribution in [-0.2, 0) is 9.47 Å². The number of ether oxygens (including phenoxy) is 2. The molecule has 0 spiro atoms. The molecule has 2 aliphatic heterocycles. The van der Waals surface area contributed by atoms with Crippen molar-refractivity contribution in [1.82, 2.24) is 0 Å². The number of aryl methyl sites for hydroxylation is 2. The van der Waals surface area contributed by atoms with Crippen LogP contribution in [0.1, 0.15) is 139 Å². The molecule has 2 heterocycles. The van der Waals surface area contributed by atoms with Crippen molar-refractivity contribution >= 4 is 0 Å². The van der Waals surface area contributed by atoms with E-state index in [0.29, 0.717) is 12.2 Å². The molecular weight excluding hydrogens is 488 g/mol. The Morgan fingerprint density at radius 1 is 0.500 bits per heavy atom. The summed E-state index contributed by atoms with van der Waals surface area (Å²) in [4.78, 5) is 0. The van der Waals surface area contributed by atoms with Crippen LogP contribution in [0, 0.1) is 43.4 Å². The zero-order chi connectivity index (χ0) is 29.9. The highest BCUT2D eigenvalue weighted by atomic mass is 16.5. The highest BCUT2D eigenvalue weighted by Crippen LogP contribution is 2.27. The molecule has 5 unspecified atom stereocenters. The smallest absolute Gasteiger partial charge is 0.0547 e. The first kappa shape index (κ1) is 36.9. The summed E-state index contributed by atoms with van der Waals surface area (Å²) in [5, 5.41) is 0. The number of allylic oxidation sites excluding steroid dienone is 2. The molecule has 40 heavy (non-hydrogen) atoms. The van der Waals surface area contributed by atoms with Crippen LogP contribution in [0.25, 0.3) is 0 Å². The van der Waals surface area contributed by atoms with Gasteiger partial charge in [0.15, 0.2) is 0 Å². The average Bonchev–Trinajstić information content (AvgIpc) is 2.94. The number of hydrogen-bond acceptors (Lipinski definition) is 2. The van der Waals surface area contributed by atoms with Crippen molar-refractivity contribution in [3.05, 3.63) is 47.0 Å². The summed E-state index contributed by atoms with van der Waals surface area (Å²) in [6.45, 7) is 24.2. The molecule has 0 amide bonds. The van der Waals surface area contributed by atoms with Gasteiger partial charge in [-0.25, -0.2) is 0 Å². The van der Waals surface area contributed by atoms with Crippen molar-refractivity contribution < 1.29 is 10.9 Å². The fourth-order valence-corrected chi connectivity index (χ4v) is 5.19. The van der Waals surface area contributed by atoms with Gasteiger partial charge in [0.2, 0.25) is 0 Å². The van der Waals surface area contributed by atoms with Crippen molar-refractivity contribution in [1.29, 1.82) is 0 Å². The number of benzene rings is 1. The van der Waals surface area contributed by atoms with Crippen LogP contribution in [0.3, 0.4) is 0 Å². The van der Waals surface area contributed by atoms with E-state index in [9.17, 15) is 0 Å². The van der Waals surface area contributed by atoms with E-state index in [2.05, 4.69) is 99.6 Å². The maximum Gasteiger partial charge on any atom is 0.0547 e. The zero-order valence-corrected chi connectivity index (χ0v) is 28.4. The van der Waals surface area contributed by atoms with Crippen LogP contribution in [0.5, 0.6) is 0 Å². The third kappa shape index (κ3) is 19.9. The second kappa shape index (κ2) is 21.6. The Bertz CT molecular complexity index is 650. The lowest BCUT2D eigenvalue weighted by Gasteiger charge is -2.23. The average molecular weight is 559 g/mol. The number of rotatable bonds is 0. The molecule has 0 bridgehead atoms. The minimum Gasteiger partial charge on any atom is -0.378 e. The second-order valence-electron chi connectivity index (χ2n) is 14.1. The molecule has 0 aromatic heterocycles. The maximum atomic E-state index is 5.39. The molecule has 3 fully saturated rings. The lowest BCUT2D eigenvalue weighted by Crippen LogP contribution is -2.21. The van der Waals surface area contributed by atoms with Crippen LogP contribution in [0.2, 0.25) is 0 Å². The molecule has 1 aromatic carbocycles. The quantitative estimate of drug-likeness (QED) is 0.295. The topological polar surface area (TPSA) is 18.5 Å². The summed E-state index contributed by atoms with van der Waals surface area (Å²) in [6.07, 6.45) is 18.6. The van der Waals surface area contributed by atoms with Crippen molar-refractivity contribution in [3.8, 4) is 0 Å². The molecular formula is C38H70O2. The Labute approximate surface area is 252 Å². The second-order valence-corrected chi connectivity index (χ2v) is 14.1. The third-order valence-electron chi connectivity index (χ3n) is 8.89. The number of hydrogen-bond donors (Lipinski definition) is 0. The molecule has 5 atom stereocenters. The van der Waals surface area contributed by atoms with Gasteiger partial charge in [0, 0.05) is 14.6 Å². The first-order valence-electron chi connectivity index (χ1n) is 16.9. The van der Waals surface area contributed by atoms with Gasteiger partial charge in [0.1, 0.15) is 0 Å². The lowest BCUT2D eigenvalue weighted by molar-refractivity contribution is 0.000174. The molecule has 2 aliphatic carbocycles. The third-order valence-corrected chi connectivity index (χ3v) is 8.89. The van der Waals surface area contributed by atoms with Gasteiger partial charge >= 0.3 is 0 Å². The first-order chi connectivity index (χ1) is 18.9. The van der Waals surface area contributed by atoms with E-state index < -0.39 is 0 Å². The van der Waals surface area contributed by atoms with E-state index in [1.807, 2.05) is 0 Å². The molecule has 2 saturated heterocycles.